The Hall–Kier alpha value is -1.87. The number of nitrogens with one attached hydrogen (secondary N) is 1. The molecule has 0 aliphatic rings. The zero-order chi connectivity index (χ0) is 11.4. The first-order valence-electron chi connectivity index (χ1n) is 5.17. The van der Waals surface area contributed by atoms with E-state index in [-0.39, 0.29) is 6.61 Å². The summed E-state index contributed by atoms with van der Waals surface area (Å²) >= 11 is 0. The number of pyridine rings is 1. The maximum atomic E-state index is 8.95. The molecule has 16 heavy (non-hydrogen) atoms. The average Bonchev–Trinajstić information content (AvgIpc) is 2.39. The minimum atomic E-state index is 0.0806. The van der Waals surface area contributed by atoms with Crippen LogP contribution >= 0.6 is 0 Å². The molecule has 0 aliphatic carbocycles. The van der Waals surface area contributed by atoms with E-state index >= 15 is 0 Å². The molecule has 0 radical (unpaired) electrons. The number of hydrogen-bond donors (Lipinski definition) is 2. The SMILES string of the molecule is CNc1ccc(-c2ccc(CO)cc2)cn1. The van der Waals surface area contributed by atoms with Crippen molar-refractivity contribution in [3.63, 3.8) is 0 Å². The molecule has 1 aromatic carbocycles. The second kappa shape index (κ2) is 4.77. The zero-order valence-electron chi connectivity index (χ0n) is 9.14. The minimum Gasteiger partial charge on any atom is -0.392 e. The molecule has 0 saturated heterocycles. The van der Waals surface area contributed by atoms with Crippen LogP contribution in [0.25, 0.3) is 11.1 Å². The highest BCUT2D eigenvalue weighted by molar-refractivity contribution is 5.63. The lowest BCUT2D eigenvalue weighted by molar-refractivity contribution is 0.282. The molecule has 82 valence electrons. The van der Waals surface area contributed by atoms with Gasteiger partial charge in [-0.15, -0.1) is 0 Å². The summed E-state index contributed by atoms with van der Waals surface area (Å²) in [6.45, 7) is 0.0806. The molecule has 0 unspecified atom stereocenters. The van der Waals surface area contributed by atoms with E-state index in [1.54, 1.807) is 0 Å². The first kappa shape index (κ1) is 10.6. The molecule has 0 aliphatic heterocycles. The minimum absolute atomic E-state index is 0.0806. The Morgan fingerprint density at radius 1 is 1.06 bits per heavy atom. The Morgan fingerprint density at radius 3 is 2.25 bits per heavy atom. The van der Waals surface area contributed by atoms with E-state index in [9.17, 15) is 0 Å². The van der Waals surface area contributed by atoms with E-state index in [0.29, 0.717) is 0 Å². The normalized spacial score (nSPS) is 10.1. The summed E-state index contributed by atoms with van der Waals surface area (Å²) in [5.74, 6) is 0.857. The molecule has 3 heteroatoms. The molecule has 0 atom stereocenters. The van der Waals surface area contributed by atoms with Crippen LogP contribution in [0.3, 0.4) is 0 Å². The first-order valence-corrected chi connectivity index (χ1v) is 5.17. The second-order valence-corrected chi connectivity index (χ2v) is 3.54. The fraction of sp³-hybridized carbons (Fsp3) is 0.154. The van der Waals surface area contributed by atoms with Crippen molar-refractivity contribution in [3.8, 4) is 11.1 Å². The smallest absolute Gasteiger partial charge is 0.125 e. The molecule has 2 N–H and O–H groups in total. The summed E-state index contributed by atoms with van der Waals surface area (Å²) in [4.78, 5) is 4.26. The van der Waals surface area contributed by atoms with Crippen LogP contribution in [0, 0.1) is 0 Å². The number of aromatic nitrogens is 1. The van der Waals surface area contributed by atoms with Crippen molar-refractivity contribution in [1.29, 1.82) is 0 Å². The summed E-state index contributed by atoms with van der Waals surface area (Å²) < 4.78 is 0. The number of anilines is 1. The molecule has 0 amide bonds. The highest BCUT2D eigenvalue weighted by Gasteiger charge is 1.98. The lowest BCUT2D eigenvalue weighted by Crippen LogP contribution is -1.91. The number of aliphatic hydroxyl groups is 1. The summed E-state index contributed by atoms with van der Waals surface area (Å²) in [6, 6.07) is 11.8. The highest BCUT2D eigenvalue weighted by atomic mass is 16.3. The first-order chi connectivity index (χ1) is 7.83. The van der Waals surface area contributed by atoms with Gasteiger partial charge in [-0.3, -0.25) is 0 Å². The molecular weight excluding hydrogens is 200 g/mol. The highest BCUT2D eigenvalue weighted by Crippen LogP contribution is 2.19. The molecular formula is C13H14N2O. The van der Waals surface area contributed by atoms with Crippen molar-refractivity contribution >= 4 is 5.82 Å². The maximum Gasteiger partial charge on any atom is 0.125 e. The van der Waals surface area contributed by atoms with Crippen LogP contribution in [-0.2, 0) is 6.61 Å². The lowest BCUT2D eigenvalue weighted by atomic mass is 10.1. The fourth-order valence-corrected chi connectivity index (χ4v) is 1.52. The van der Waals surface area contributed by atoms with Gasteiger partial charge >= 0.3 is 0 Å². The number of aliphatic hydroxyl groups excluding tert-OH is 1. The van der Waals surface area contributed by atoms with Crippen molar-refractivity contribution in [3.05, 3.63) is 48.2 Å². The van der Waals surface area contributed by atoms with E-state index < -0.39 is 0 Å². The molecule has 2 aromatic rings. The third-order valence-corrected chi connectivity index (χ3v) is 2.49. The van der Waals surface area contributed by atoms with Crippen LogP contribution in [0.1, 0.15) is 5.56 Å². The monoisotopic (exact) mass is 214 g/mol. The van der Waals surface area contributed by atoms with Crippen LogP contribution in [0.5, 0.6) is 0 Å². The predicted octanol–water partition coefficient (Wildman–Crippen LogP) is 2.28. The Kier molecular flexibility index (Phi) is 3.17. The predicted molar refractivity (Wildman–Crippen MR) is 65.1 cm³/mol. The molecule has 0 saturated carbocycles. The van der Waals surface area contributed by atoms with Gasteiger partial charge in [0.2, 0.25) is 0 Å². The van der Waals surface area contributed by atoms with Crippen molar-refractivity contribution < 1.29 is 5.11 Å². The molecule has 1 aromatic heterocycles. The quantitative estimate of drug-likeness (QED) is 0.824. The van der Waals surface area contributed by atoms with Crippen molar-refractivity contribution in [2.24, 2.45) is 0 Å². The van der Waals surface area contributed by atoms with Crippen molar-refractivity contribution in [2.75, 3.05) is 12.4 Å². The third-order valence-electron chi connectivity index (χ3n) is 2.49. The van der Waals surface area contributed by atoms with Gasteiger partial charge in [-0.2, -0.15) is 0 Å². The summed E-state index contributed by atoms with van der Waals surface area (Å²) in [7, 11) is 1.85. The lowest BCUT2D eigenvalue weighted by Gasteiger charge is -2.04. The zero-order valence-corrected chi connectivity index (χ0v) is 9.14. The number of benzene rings is 1. The fourth-order valence-electron chi connectivity index (χ4n) is 1.52. The van der Waals surface area contributed by atoms with Gasteiger partial charge in [0.25, 0.3) is 0 Å². The van der Waals surface area contributed by atoms with E-state index in [2.05, 4.69) is 10.3 Å². The Balaban J connectivity index is 2.28. The molecule has 0 spiro atoms. The van der Waals surface area contributed by atoms with Crippen LogP contribution in [0.15, 0.2) is 42.6 Å². The number of nitrogens with zero attached hydrogens (tertiary/aromatic N) is 1. The van der Waals surface area contributed by atoms with E-state index in [0.717, 1.165) is 22.5 Å². The van der Waals surface area contributed by atoms with Gasteiger partial charge in [0.1, 0.15) is 5.82 Å². The second-order valence-electron chi connectivity index (χ2n) is 3.54. The summed E-state index contributed by atoms with van der Waals surface area (Å²) in [5, 5.41) is 11.9. The standard InChI is InChI=1S/C13H14N2O/c1-14-13-7-6-12(8-15-13)11-4-2-10(9-16)3-5-11/h2-8,16H,9H2,1H3,(H,14,15). The Morgan fingerprint density at radius 2 is 1.75 bits per heavy atom. The van der Waals surface area contributed by atoms with E-state index in [1.165, 1.54) is 0 Å². The van der Waals surface area contributed by atoms with Gasteiger partial charge in [-0.05, 0) is 23.3 Å². The Bertz CT molecular complexity index is 403. The topological polar surface area (TPSA) is 45.1 Å². The summed E-state index contributed by atoms with van der Waals surface area (Å²) in [5.41, 5.74) is 3.10. The van der Waals surface area contributed by atoms with Gasteiger partial charge in [-0.25, -0.2) is 4.98 Å². The molecule has 0 fully saturated rings. The van der Waals surface area contributed by atoms with Crippen molar-refractivity contribution in [2.45, 2.75) is 6.61 Å². The molecule has 0 bridgehead atoms. The largest absolute Gasteiger partial charge is 0.392 e. The number of hydrogen-bond acceptors (Lipinski definition) is 3. The van der Waals surface area contributed by atoms with E-state index in [4.69, 9.17) is 5.11 Å². The van der Waals surface area contributed by atoms with Crippen LogP contribution in [0.2, 0.25) is 0 Å². The molecule has 1 heterocycles. The van der Waals surface area contributed by atoms with Gasteiger partial charge in [0, 0.05) is 18.8 Å². The molecule has 2 rings (SSSR count). The maximum absolute atomic E-state index is 8.95. The van der Waals surface area contributed by atoms with Crippen molar-refractivity contribution in [1.82, 2.24) is 4.98 Å². The third kappa shape index (κ3) is 2.20. The number of rotatable bonds is 3. The van der Waals surface area contributed by atoms with Crippen LogP contribution < -0.4 is 5.32 Å². The van der Waals surface area contributed by atoms with Gasteiger partial charge < -0.3 is 10.4 Å². The van der Waals surface area contributed by atoms with Gasteiger partial charge in [0.15, 0.2) is 0 Å². The van der Waals surface area contributed by atoms with Gasteiger partial charge in [-0.1, -0.05) is 24.3 Å². The summed E-state index contributed by atoms with van der Waals surface area (Å²) in [6.07, 6.45) is 1.83. The average molecular weight is 214 g/mol. The van der Waals surface area contributed by atoms with Crippen LogP contribution in [-0.4, -0.2) is 17.1 Å². The Labute approximate surface area is 94.8 Å². The molecule has 3 nitrogen and oxygen atoms in total. The van der Waals surface area contributed by atoms with E-state index in [1.807, 2.05) is 49.6 Å². The van der Waals surface area contributed by atoms with Gasteiger partial charge in [0.05, 0.1) is 6.61 Å². The van der Waals surface area contributed by atoms with Crippen LogP contribution in [0.4, 0.5) is 5.82 Å².